The third-order valence-corrected chi connectivity index (χ3v) is 2.49. The van der Waals surface area contributed by atoms with Crippen molar-refractivity contribution in [3.8, 4) is 11.5 Å². The smallest absolute Gasteiger partial charge is 0.412 e. The van der Waals surface area contributed by atoms with E-state index in [4.69, 9.17) is 14.2 Å². The van der Waals surface area contributed by atoms with Crippen molar-refractivity contribution in [2.75, 3.05) is 19.5 Å². The first-order valence-electron chi connectivity index (χ1n) is 6.49. The summed E-state index contributed by atoms with van der Waals surface area (Å²) in [4.78, 5) is 22.5. The molecule has 0 aliphatic rings. The highest BCUT2D eigenvalue weighted by molar-refractivity contribution is 5.88. The van der Waals surface area contributed by atoms with Crippen molar-refractivity contribution < 1.29 is 23.8 Å². The number of anilines is 1. The topological polar surface area (TPSA) is 73.9 Å². The van der Waals surface area contributed by atoms with Gasteiger partial charge in [0.15, 0.2) is 11.5 Å². The number of hydrogen-bond donors (Lipinski definition) is 1. The van der Waals surface area contributed by atoms with E-state index >= 15 is 0 Å². The Balaban J connectivity index is 3.10. The molecule has 0 aliphatic carbocycles. The van der Waals surface area contributed by atoms with Crippen LogP contribution in [0.5, 0.6) is 11.5 Å². The maximum Gasteiger partial charge on any atom is 0.412 e. The van der Waals surface area contributed by atoms with Crippen LogP contribution in [0.15, 0.2) is 12.1 Å². The number of rotatable bonds is 5. The Bertz CT molecular complexity index is 520. The molecule has 0 aromatic heterocycles. The van der Waals surface area contributed by atoms with E-state index in [2.05, 4.69) is 5.32 Å². The Labute approximate surface area is 124 Å². The molecule has 0 saturated carbocycles. The standard InChI is InChI=1S/C15H21NO5/c1-15(2,3)21-14(18)16-11-8-10(6-7-17)9-12(19-4)13(11)20-5/h7-9H,6H2,1-5H3,(H,16,18). The van der Waals surface area contributed by atoms with Gasteiger partial charge in [0.1, 0.15) is 11.9 Å². The van der Waals surface area contributed by atoms with Crippen molar-refractivity contribution in [3.63, 3.8) is 0 Å². The fraction of sp³-hybridized carbons (Fsp3) is 0.467. The average molecular weight is 295 g/mol. The Hall–Kier alpha value is -2.24. The molecule has 6 heteroatoms. The number of methoxy groups -OCH3 is 2. The highest BCUT2D eigenvalue weighted by Crippen LogP contribution is 2.36. The molecule has 0 bridgehead atoms. The van der Waals surface area contributed by atoms with E-state index in [-0.39, 0.29) is 6.42 Å². The van der Waals surface area contributed by atoms with E-state index in [0.717, 1.165) is 6.29 Å². The second kappa shape index (κ2) is 6.97. The number of aldehydes is 1. The van der Waals surface area contributed by atoms with Crippen molar-refractivity contribution in [3.05, 3.63) is 17.7 Å². The quantitative estimate of drug-likeness (QED) is 0.845. The summed E-state index contributed by atoms with van der Waals surface area (Å²) in [5.74, 6) is 0.806. The number of carbonyl (C=O) groups excluding carboxylic acids is 2. The summed E-state index contributed by atoms with van der Waals surface area (Å²) in [6, 6.07) is 3.34. The van der Waals surface area contributed by atoms with Gasteiger partial charge < -0.3 is 19.0 Å². The molecule has 1 amide bonds. The number of hydrogen-bond acceptors (Lipinski definition) is 5. The van der Waals surface area contributed by atoms with Gasteiger partial charge in [-0.1, -0.05) is 0 Å². The molecule has 21 heavy (non-hydrogen) atoms. The van der Waals surface area contributed by atoms with Gasteiger partial charge >= 0.3 is 6.09 Å². The zero-order chi connectivity index (χ0) is 16.0. The molecular formula is C15H21NO5. The summed E-state index contributed by atoms with van der Waals surface area (Å²) in [5, 5.41) is 2.61. The van der Waals surface area contributed by atoms with Crippen molar-refractivity contribution in [1.82, 2.24) is 0 Å². The Kier molecular flexibility index (Phi) is 5.58. The van der Waals surface area contributed by atoms with Crippen LogP contribution in [-0.2, 0) is 16.0 Å². The van der Waals surface area contributed by atoms with Gasteiger partial charge in [0.2, 0.25) is 0 Å². The van der Waals surface area contributed by atoms with Gasteiger partial charge in [-0.2, -0.15) is 0 Å². The molecule has 1 N–H and O–H groups in total. The number of amides is 1. The number of nitrogens with one attached hydrogen (secondary N) is 1. The van der Waals surface area contributed by atoms with Crippen LogP contribution in [0.1, 0.15) is 26.3 Å². The molecule has 1 rings (SSSR count). The Morgan fingerprint density at radius 2 is 1.90 bits per heavy atom. The monoisotopic (exact) mass is 295 g/mol. The van der Waals surface area contributed by atoms with Crippen LogP contribution in [0.2, 0.25) is 0 Å². The summed E-state index contributed by atoms with van der Waals surface area (Å²) in [5.41, 5.74) is 0.485. The predicted molar refractivity (Wildman–Crippen MR) is 79.2 cm³/mol. The predicted octanol–water partition coefficient (Wildman–Crippen LogP) is 2.79. The number of benzene rings is 1. The normalized spacial score (nSPS) is 10.7. The molecule has 6 nitrogen and oxygen atoms in total. The first kappa shape index (κ1) is 16.8. The molecule has 0 aliphatic heterocycles. The SMILES string of the molecule is COc1cc(CC=O)cc(NC(=O)OC(C)(C)C)c1OC. The second-order valence-electron chi connectivity index (χ2n) is 5.38. The van der Waals surface area contributed by atoms with Crippen LogP contribution in [-0.4, -0.2) is 32.2 Å². The lowest BCUT2D eigenvalue weighted by Crippen LogP contribution is -2.27. The molecule has 0 radical (unpaired) electrons. The maximum atomic E-state index is 11.9. The lowest BCUT2D eigenvalue weighted by molar-refractivity contribution is -0.107. The number of carbonyl (C=O) groups is 2. The Morgan fingerprint density at radius 3 is 2.38 bits per heavy atom. The van der Waals surface area contributed by atoms with Gasteiger partial charge in [-0.3, -0.25) is 5.32 Å². The van der Waals surface area contributed by atoms with Crippen LogP contribution < -0.4 is 14.8 Å². The minimum absolute atomic E-state index is 0.212. The van der Waals surface area contributed by atoms with Crippen LogP contribution in [0.25, 0.3) is 0 Å². The van der Waals surface area contributed by atoms with Crippen molar-refractivity contribution >= 4 is 18.1 Å². The minimum atomic E-state index is -0.609. The van der Waals surface area contributed by atoms with E-state index < -0.39 is 11.7 Å². The fourth-order valence-corrected chi connectivity index (χ4v) is 1.74. The Morgan fingerprint density at radius 1 is 1.24 bits per heavy atom. The summed E-state index contributed by atoms with van der Waals surface area (Å²) in [6.07, 6.45) is 0.382. The van der Waals surface area contributed by atoms with Crippen molar-refractivity contribution in [2.45, 2.75) is 32.8 Å². The van der Waals surface area contributed by atoms with Gasteiger partial charge in [-0.15, -0.1) is 0 Å². The van der Waals surface area contributed by atoms with Gasteiger partial charge in [0.05, 0.1) is 19.9 Å². The highest BCUT2D eigenvalue weighted by Gasteiger charge is 2.19. The zero-order valence-electron chi connectivity index (χ0n) is 13.0. The van der Waals surface area contributed by atoms with E-state index in [9.17, 15) is 9.59 Å². The molecule has 0 saturated heterocycles. The third-order valence-electron chi connectivity index (χ3n) is 2.49. The summed E-state index contributed by atoms with van der Waals surface area (Å²) < 4.78 is 15.7. The summed E-state index contributed by atoms with van der Waals surface area (Å²) in [6.45, 7) is 5.31. The van der Waals surface area contributed by atoms with Crippen molar-refractivity contribution in [2.24, 2.45) is 0 Å². The highest BCUT2D eigenvalue weighted by atomic mass is 16.6. The first-order chi connectivity index (χ1) is 9.80. The molecule has 0 fully saturated rings. The second-order valence-corrected chi connectivity index (χ2v) is 5.38. The van der Waals surface area contributed by atoms with Crippen molar-refractivity contribution in [1.29, 1.82) is 0 Å². The minimum Gasteiger partial charge on any atom is -0.493 e. The summed E-state index contributed by atoms with van der Waals surface area (Å²) in [7, 11) is 2.96. The molecule has 116 valence electrons. The lowest BCUT2D eigenvalue weighted by Gasteiger charge is -2.21. The van der Waals surface area contributed by atoms with Crippen LogP contribution >= 0.6 is 0 Å². The van der Waals surface area contributed by atoms with Crippen LogP contribution in [0.4, 0.5) is 10.5 Å². The molecule has 0 unspecified atom stereocenters. The maximum absolute atomic E-state index is 11.9. The van der Waals surface area contributed by atoms with Crippen LogP contribution in [0.3, 0.4) is 0 Å². The largest absolute Gasteiger partial charge is 0.493 e. The number of ether oxygens (including phenoxy) is 3. The van der Waals surface area contributed by atoms with E-state index in [0.29, 0.717) is 22.7 Å². The van der Waals surface area contributed by atoms with E-state index in [1.807, 2.05) is 0 Å². The first-order valence-corrected chi connectivity index (χ1v) is 6.49. The van der Waals surface area contributed by atoms with Gasteiger partial charge in [0.25, 0.3) is 0 Å². The zero-order valence-corrected chi connectivity index (χ0v) is 13.0. The molecule has 0 spiro atoms. The summed E-state index contributed by atoms with van der Waals surface area (Å²) >= 11 is 0. The fourth-order valence-electron chi connectivity index (χ4n) is 1.74. The molecular weight excluding hydrogens is 274 g/mol. The average Bonchev–Trinajstić information content (AvgIpc) is 2.36. The molecule has 1 aromatic rings. The molecule has 0 heterocycles. The lowest BCUT2D eigenvalue weighted by atomic mass is 10.1. The van der Waals surface area contributed by atoms with Gasteiger partial charge in [-0.05, 0) is 38.5 Å². The van der Waals surface area contributed by atoms with Gasteiger partial charge in [-0.25, -0.2) is 4.79 Å². The van der Waals surface area contributed by atoms with Crippen LogP contribution in [0, 0.1) is 0 Å². The third kappa shape index (κ3) is 4.98. The van der Waals surface area contributed by atoms with E-state index in [1.54, 1.807) is 32.9 Å². The molecule has 0 atom stereocenters. The molecule has 1 aromatic carbocycles. The van der Waals surface area contributed by atoms with E-state index in [1.165, 1.54) is 14.2 Å². The van der Waals surface area contributed by atoms with Gasteiger partial charge in [0, 0.05) is 6.42 Å².